The number of hydrogen-bond donors (Lipinski definition) is 2. The minimum atomic E-state index is -0.133. The first-order valence-corrected chi connectivity index (χ1v) is 12.4. The van der Waals surface area contributed by atoms with Gasteiger partial charge in [0.05, 0.1) is 16.0 Å². The van der Waals surface area contributed by atoms with E-state index in [4.69, 9.17) is 0 Å². The number of carbonyl (C=O) groups excluding carboxylic acids is 1. The first-order valence-electron chi connectivity index (χ1n) is 9.92. The molecule has 0 aliphatic heterocycles. The molecule has 0 radical (unpaired) electrons. The molecule has 4 aromatic heterocycles. The van der Waals surface area contributed by atoms with E-state index in [0.717, 1.165) is 40.1 Å². The molecule has 0 saturated heterocycles. The molecule has 4 aromatic rings. The van der Waals surface area contributed by atoms with E-state index in [0.29, 0.717) is 17.4 Å². The first-order chi connectivity index (χ1) is 14.6. The van der Waals surface area contributed by atoms with E-state index >= 15 is 0 Å². The largest absolute Gasteiger partial charge is 0.310 e. The Labute approximate surface area is 185 Å². The summed E-state index contributed by atoms with van der Waals surface area (Å²) >= 11 is 4.73. The van der Waals surface area contributed by atoms with Crippen LogP contribution in [0.25, 0.3) is 20.8 Å². The molecule has 0 unspecified atom stereocenters. The molecule has 154 valence electrons. The predicted octanol–water partition coefficient (Wildman–Crippen LogP) is 4.93. The molecule has 0 atom stereocenters. The molecule has 0 bridgehead atoms. The van der Waals surface area contributed by atoms with Crippen molar-refractivity contribution in [1.82, 2.24) is 15.0 Å². The minimum Gasteiger partial charge on any atom is -0.310 e. The zero-order valence-corrected chi connectivity index (χ0v) is 18.9. The third kappa shape index (κ3) is 3.84. The Hall–Kier alpha value is -2.36. The lowest BCUT2D eigenvalue weighted by molar-refractivity contribution is -0.116. The molecule has 5 rings (SSSR count). The highest BCUT2D eigenvalue weighted by molar-refractivity contribution is 7.19. The molecule has 0 spiro atoms. The zero-order valence-electron chi connectivity index (χ0n) is 16.4. The Morgan fingerprint density at radius 3 is 2.90 bits per heavy atom. The zero-order chi connectivity index (χ0) is 20.7. The lowest BCUT2D eigenvalue weighted by Gasteiger charge is -2.09. The number of aromatic amines is 1. The maximum absolute atomic E-state index is 12.6. The molecule has 0 saturated carbocycles. The van der Waals surface area contributed by atoms with Crippen molar-refractivity contribution in [3.63, 3.8) is 0 Å². The number of rotatable bonds is 5. The number of aryl methyl sites for hydroxylation is 4. The molecule has 0 fully saturated rings. The van der Waals surface area contributed by atoms with Crippen LogP contribution in [0, 0.1) is 6.92 Å². The first kappa shape index (κ1) is 19.6. The summed E-state index contributed by atoms with van der Waals surface area (Å²) in [4.78, 5) is 41.4. The van der Waals surface area contributed by atoms with E-state index in [-0.39, 0.29) is 17.9 Å². The van der Waals surface area contributed by atoms with Gasteiger partial charge in [0.25, 0.3) is 5.56 Å². The van der Waals surface area contributed by atoms with Crippen LogP contribution >= 0.6 is 34.0 Å². The van der Waals surface area contributed by atoms with Gasteiger partial charge in [-0.15, -0.1) is 34.0 Å². The molecule has 9 heteroatoms. The number of hydrogen-bond acceptors (Lipinski definition) is 7. The van der Waals surface area contributed by atoms with E-state index in [9.17, 15) is 9.59 Å². The van der Waals surface area contributed by atoms with Crippen LogP contribution in [0.4, 0.5) is 5.13 Å². The van der Waals surface area contributed by atoms with Crippen molar-refractivity contribution in [1.29, 1.82) is 0 Å². The molecule has 1 amide bonds. The van der Waals surface area contributed by atoms with Gasteiger partial charge in [0.15, 0.2) is 5.13 Å². The van der Waals surface area contributed by atoms with Gasteiger partial charge >= 0.3 is 0 Å². The second-order valence-electron chi connectivity index (χ2n) is 7.40. The van der Waals surface area contributed by atoms with Crippen molar-refractivity contribution in [2.75, 3.05) is 5.32 Å². The van der Waals surface area contributed by atoms with Gasteiger partial charge in [-0.25, -0.2) is 9.97 Å². The number of anilines is 1. The fourth-order valence-electron chi connectivity index (χ4n) is 3.76. The van der Waals surface area contributed by atoms with E-state index in [2.05, 4.69) is 33.3 Å². The van der Waals surface area contributed by atoms with Gasteiger partial charge in [-0.05, 0) is 50.3 Å². The van der Waals surface area contributed by atoms with Gasteiger partial charge in [0.2, 0.25) is 5.91 Å². The van der Waals surface area contributed by atoms with Crippen LogP contribution in [-0.2, 0) is 24.1 Å². The monoisotopic (exact) mass is 456 g/mol. The molecule has 6 nitrogen and oxygen atoms in total. The molecule has 1 aliphatic carbocycles. The van der Waals surface area contributed by atoms with E-state index in [1.54, 1.807) is 22.7 Å². The Balaban J connectivity index is 1.26. The van der Waals surface area contributed by atoms with Crippen LogP contribution in [0.3, 0.4) is 0 Å². The van der Waals surface area contributed by atoms with Crippen molar-refractivity contribution < 1.29 is 4.79 Å². The number of nitrogens with one attached hydrogen (secondary N) is 2. The van der Waals surface area contributed by atoms with Gasteiger partial charge in [-0.1, -0.05) is 0 Å². The Morgan fingerprint density at radius 1 is 1.20 bits per heavy atom. The van der Waals surface area contributed by atoms with Gasteiger partial charge < -0.3 is 10.3 Å². The van der Waals surface area contributed by atoms with Crippen LogP contribution < -0.4 is 10.9 Å². The number of fused-ring (bicyclic) bond motifs is 3. The number of thiophene rings is 2. The summed E-state index contributed by atoms with van der Waals surface area (Å²) in [7, 11) is 0. The van der Waals surface area contributed by atoms with Crippen molar-refractivity contribution in [2.24, 2.45) is 0 Å². The molecule has 4 heterocycles. The average Bonchev–Trinajstić information content (AvgIpc) is 3.44. The van der Waals surface area contributed by atoms with Gasteiger partial charge in [0.1, 0.15) is 10.7 Å². The Kier molecular flexibility index (Phi) is 5.26. The molecule has 0 aromatic carbocycles. The number of aromatic nitrogens is 3. The summed E-state index contributed by atoms with van der Waals surface area (Å²) in [6, 6.07) is 4.10. The average molecular weight is 457 g/mol. The smallest absolute Gasteiger partial charge is 0.259 e. The standard InChI is InChI=1S/C21H20N4O2S3/c1-11-6-7-15(29-11)13-10-28-21(22-13)25-17(26)9-8-16-23-19(27)18-12-4-2-3-5-14(12)30-20(18)24-16/h6-7,10H,2-5,8-9H2,1H3,(H,22,25,26)(H,23,24,27). The van der Waals surface area contributed by atoms with Crippen LogP contribution in [0.2, 0.25) is 0 Å². The van der Waals surface area contributed by atoms with Crippen molar-refractivity contribution in [2.45, 2.75) is 45.4 Å². The summed E-state index contributed by atoms with van der Waals surface area (Å²) in [5.74, 6) is 0.432. The van der Waals surface area contributed by atoms with Crippen molar-refractivity contribution >= 4 is 55.3 Å². The lowest BCUT2D eigenvalue weighted by Crippen LogP contribution is -2.16. The Morgan fingerprint density at radius 2 is 2.07 bits per heavy atom. The second-order valence-corrected chi connectivity index (χ2v) is 10.6. The van der Waals surface area contributed by atoms with Crippen LogP contribution in [0.1, 0.15) is 40.4 Å². The van der Waals surface area contributed by atoms with Crippen molar-refractivity contribution in [3.8, 4) is 10.6 Å². The third-order valence-electron chi connectivity index (χ3n) is 5.21. The topological polar surface area (TPSA) is 87.7 Å². The predicted molar refractivity (Wildman–Crippen MR) is 124 cm³/mol. The highest BCUT2D eigenvalue weighted by Crippen LogP contribution is 2.33. The summed E-state index contributed by atoms with van der Waals surface area (Å²) < 4.78 is 0. The lowest BCUT2D eigenvalue weighted by atomic mass is 9.97. The maximum atomic E-state index is 12.6. The quantitative estimate of drug-likeness (QED) is 0.446. The number of nitrogens with zero attached hydrogens (tertiary/aromatic N) is 2. The highest BCUT2D eigenvalue weighted by atomic mass is 32.1. The fourth-order valence-corrected chi connectivity index (χ4v) is 6.67. The molecule has 2 N–H and O–H groups in total. The van der Waals surface area contributed by atoms with Gasteiger partial charge in [0, 0.05) is 28.0 Å². The van der Waals surface area contributed by atoms with Gasteiger partial charge in [-0.2, -0.15) is 0 Å². The number of H-pyrrole nitrogens is 1. The summed E-state index contributed by atoms with van der Waals surface area (Å²) in [5, 5.41) is 6.15. The minimum absolute atomic E-state index is 0.0781. The van der Waals surface area contributed by atoms with Crippen LogP contribution in [-0.4, -0.2) is 20.9 Å². The van der Waals surface area contributed by atoms with Crippen LogP contribution in [0.15, 0.2) is 22.3 Å². The molecular weight excluding hydrogens is 436 g/mol. The summed E-state index contributed by atoms with van der Waals surface area (Å²) in [5.41, 5.74) is 1.98. The molecule has 30 heavy (non-hydrogen) atoms. The summed E-state index contributed by atoms with van der Waals surface area (Å²) in [6.07, 6.45) is 4.94. The Bertz CT molecular complexity index is 1300. The number of carbonyl (C=O) groups is 1. The summed E-state index contributed by atoms with van der Waals surface area (Å²) in [6.45, 7) is 2.06. The fraction of sp³-hybridized carbons (Fsp3) is 0.333. The maximum Gasteiger partial charge on any atom is 0.259 e. The van der Waals surface area contributed by atoms with Crippen LogP contribution in [0.5, 0.6) is 0 Å². The van der Waals surface area contributed by atoms with Crippen molar-refractivity contribution in [3.05, 3.63) is 49.0 Å². The second kappa shape index (κ2) is 8.05. The van der Waals surface area contributed by atoms with E-state index in [1.807, 2.05) is 11.4 Å². The van der Waals surface area contributed by atoms with E-state index in [1.165, 1.54) is 33.1 Å². The SMILES string of the molecule is Cc1ccc(-c2csc(NC(=O)CCc3nc4sc5c(c4c(=O)[nH]3)CCCC5)n2)s1. The highest BCUT2D eigenvalue weighted by Gasteiger charge is 2.20. The number of amides is 1. The molecule has 1 aliphatic rings. The van der Waals surface area contributed by atoms with E-state index < -0.39 is 0 Å². The molecular formula is C21H20N4O2S3. The van der Waals surface area contributed by atoms with Gasteiger partial charge in [-0.3, -0.25) is 9.59 Å². The normalized spacial score (nSPS) is 13.5. The number of thiazole rings is 1. The third-order valence-corrected chi connectivity index (χ3v) is 8.17.